The fraction of sp³-hybridized carbons (Fsp3) is 0.364. The van der Waals surface area contributed by atoms with Crippen molar-refractivity contribution < 1.29 is 18.8 Å². The van der Waals surface area contributed by atoms with E-state index < -0.39 is 11.8 Å². The van der Waals surface area contributed by atoms with Crippen molar-refractivity contribution in [1.29, 1.82) is 5.41 Å². The maximum absolute atomic E-state index is 13.4. The zero-order valence-electron chi connectivity index (χ0n) is 17.3. The summed E-state index contributed by atoms with van der Waals surface area (Å²) in [4.78, 5) is 40.3. The molecule has 0 saturated carbocycles. The molecule has 0 unspecified atom stereocenters. The summed E-state index contributed by atoms with van der Waals surface area (Å²) in [7, 11) is 0. The van der Waals surface area contributed by atoms with E-state index in [0.29, 0.717) is 30.4 Å². The topological polar surface area (TPSA) is 93.6 Å². The molecule has 3 rings (SSSR count). The quantitative estimate of drug-likeness (QED) is 0.574. The molecule has 3 amide bonds. The van der Waals surface area contributed by atoms with Crippen molar-refractivity contribution in [1.82, 2.24) is 15.1 Å². The molecule has 2 aliphatic rings. The number of halogens is 1. The Hall–Kier alpha value is -3.29. The summed E-state index contributed by atoms with van der Waals surface area (Å²) in [5.74, 6) is -1.17. The van der Waals surface area contributed by atoms with Crippen LogP contribution in [0.1, 0.15) is 47.9 Å². The third-order valence-corrected chi connectivity index (χ3v) is 5.17. The Balaban J connectivity index is 1.66. The van der Waals surface area contributed by atoms with Gasteiger partial charge in [-0.3, -0.25) is 19.3 Å². The van der Waals surface area contributed by atoms with Gasteiger partial charge in [-0.1, -0.05) is 12.1 Å². The van der Waals surface area contributed by atoms with E-state index in [0.717, 1.165) is 4.90 Å². The van der Waals surface area contributed by atoms with Crippen LogP contribution in [0.5, 0.6) is 0 Å². The minimum Gasteiger partial charge on any atom is -0.386 e. The molecule has 158 valence electrons. The predicted octanol–water partition coefficient (Wildman–Crippen LogP) is 2.66. The van der Waals surface area contributed by atoms with Gasteiger partial charge >= 0.3 is 0 Å². The summed E-state index contributed by atoms with van der Waals surface area (Å²) in [6, 6.07) is 6.48. The Bertz CT molecular complexity index is 940. The van der Waals surface area contributed by atoms with Crippen LogP contribution in [0.15, 0.2) is 47.9 Å². The fourth-order valence-electron chi connectivity index (χ4n) is 3.52. The van der Waals surface area contributed by atoms with E-state index in [4.69, 9.17) is 5.41 Å². The number of imide groups is 1. The van der Waals surface area contributed by atoms with Gasteiger partial charge in [0.2, 0.25) is 0 Å². The molecule has 1 fully saturated rings. The number of carbonyl (C=O) groups is 3. The van der Waals surface area contributed by atoms with Crippen LogP contribution in [0.3, 0.4) is 0 Å². The molecular weight excluding hydrogens is 387 g/mol. The molecule has 30 heavy (non-hydrogen) atoms. The standard InChI is InChI=1S/C22H25FN4O3/c1-22(2,3)27-9-8-18(24)17(21(27)30)12-25-11-14(10-23)13-26-19(28)15-6-4-5-7-16(15)20(26)29/h4-7,10,12,24-25H,8-9,11,13H2,1-3H3/b14-10-,17-12+,24-18?. The molecule has 0 radical (unpaired) electrons. The van der Waals surface area contributed by atoms with Crippen molar-refractivity contribution >= 4 is 23.4 Å². The first-order valence-electron chi connectivity index (χ1n) is 9.72. The first-order chi connectivity index (χ1) is 14.1. The Labute approximate surface area is 174 Å². The van der Waals surface area contributed by atoms with Crippen LogP contribution in [0.4, 0.5) is 4.39 Å². The van der Waals surface area contributed by atoms with E-state index in [-0.39, 0.29) is 41.4 Å². The first-order valence-corrected chi connectivity index (χ1v) is 9.72. The normalized spacial score (nSPS) is 19.1. The lowest BCUT2D eigenvalue weighted by molar-refractivity contribution is -0.131. The summed E-state index contributed by atoms with van der Waals surface area (Å²) in [6.45, 7) is 6.06. The Morgan fingerprint density at radius 1 is 1.13 bits per heavy atom. The number of hydrogen-bond donors (Lipinski definition) is 2. The largest absolute Gasteiger partial charge is 0.386 e. The minimum absolute atomic E-state index is 0.0104. The van der Waals surface area contributed by atoms with Crippen molar-refractivity contribution in [2.24, 2.45) is 0 Å². The predicted molar refractivity (Wildman–Crippen MR) is 111 cm³/mol. The van der Waals surface area contributed by atoms with E-state index in [1.165, 1.54) is 6.20 Å². The molecule has 1 aromatic rings. The highest BCUT2D eigenvalue weighted by Gasteiger charge is 2.36. The van der Waals surface area contributed by atoms with E-state index in [2.05, 4.69) is 5.32 Å². The lowest BCUT2D eigenvalue weighted by atomic mass is 9.96. The van der Waals surface area contributed by atoms with Gasteiger partial charge in [0, 0.05) is 37.0 Å². The second-order valence-electron chi connectivity index (χ2n) is 8.30. The number of carbonyl (C=O) groups excluding carboxylic acids is 3. The van der Waals surface area contributed by atoms with Crippen molar-refractivity contribution in [3.05, 3.63) is 59.1 Å². The Morgan fingerprint density at radius 2 is 1.73 bits per heavy atom. The molecule has 0 aliphatic carbocycles. The van der Waals surface area contributed by atoms with Crippen molar-refractivity contribution in [3.63, 3.8) is 0 Å². The van der Waals surface area contributed by atoms with E-state index in [1.807, 2.05) is 20.8 Å². The van der Waals surface area contributed by atoms with Gasteiger partial charge < -0.3 is 15.6 Å². The number of nitrogens with one attached hydrogen (secondary N) is 2. The van der Waals surface area contributed by atoms with Crippen molar-refractivity contribution in [2.45, 2.75) is 32.7 Å². The maximum Gasteiger partial charge on any atom is 0.261 e. The number of likely N-dealkylation sites (tertiary alicyclic amines) is 1. The van der Waals surface area contributed by atoms with E-state index in [1.54, 1.807) is 29.2 Å². The molecule has 0 spiro atoms. The molecule has 1 aromatic carbocycles. The SMILES string of the molecule is CC(C)(C)N1CCC(=N)/C(=C\NC/C(=C/F)CN2C(=O)c3ccccc3C2=O)C1=O. The van der Waals surface area contributed by atoms with Crippen LogP contribution < -0.4 is 5.32 Å². The molecule has 2 aliphatic heterocycles. The fourth-order valence-corrected chi connectivity index (χ4v) is 3.52. The molecule has 2 N–H and O–H groups in total. The van der Waals surface area contributed by atoms with Crippen molar-refractivity contribution in [2.75, 3.05) is 19.6 Å². The van der Waals surface area contributed by atoms with Crippen molar-refractivity contribution in [3.8, 4) is 0 Å². The van der Waals surface area contributed by atoms with Crippen LogP contribution >= 0.6 is 0 Å². The van der Waals surface area contributed by atoms with Gasteiger partial charge in [0.25, 0.3) is 17.7 Å². The Morgan fingerprint density at radius 3 is 2.27 bits per heavy atom. The maximum atomic E-state index is 13.4. The molecular formula is C22H25FN4O3. The average molecular weight is 412 g/mol. The highest BCUT2D eigenvalue weighted by Crippen LogP contribution is 2.24. The van der Waals surface area contributed by atoms with Gasteiger partial charge in [0.05, 0.1) is 29.6 Å². The molecule has 0 bridgehead atoms. The summed E-state index contributed by atoms with van der Waals surface area (Å²) in [5, 5.41) is 10.9. The highest BCUT2D eigenvalue weighted by atomic mass is 19.1. The van der Waals surface area contributed by atoms with E-state index >= 15 is 0 Å². The lowest BCUT2D eigenvalue weighted by Crippen LogP contribution is -2.51. The van der Waals surface area contributed by atoms with Crippen LogP contribution in [0.2, 0.25) is 0 Å². The van der Waals surface area contributed by atoms with Gasteiger partial charge in [-0.05, 0) is 38.5 Å². The van der Waals surface area contributed by atoms with Gasteiger partial charge in [0.1, 0.15) is 0 Å². The van der Waals surface area contributed by atoms with Crippen LogP contribution in [0.25, 0.3) is 0 Å². The highest BCUT2D eigenvalue weighted by molar-refractivity contribution is 6.22. The number of piperidine rings is 1. The summed E-state index contributed by atoms with van der Waals surface area (Å²) >= 11 is 0. The van der Waals surface area contributed by atoms with Gasteiger partial charge in [-0.25, -0.2) is 4.39 Å². The van der Waals surface area contributed by atoms with Gasteiger partial charge in [-0.2, -0.15) is 0 Å². The number of hydrogen-bond acceptors (Lipinski definition) is 5. The monoisotopic (exact) mass is 412 g/mol. The number of fused-ring (bicyclic) bond motifs is 1. The summed E-state index contributed by atoms with van der Waals surface area (Å²) in [5.41, 5.74) is 0.864. The minimum atomic E-state index is -0.460. The van der Waals surface area contributed by atoms with Gasteiger partial charge in [0.15, 0.2) is 0 Å². The number of benzene rings is 1. The smallest absolute Gasteiger partial charge is 0.261 e. The zero-order chi connectivity index (χ0) is 22.1. The number of rotatable bonds is 5. The third-order valence-electron chi connectivity index (χ3n) is 5.17. The molecule has 7 nitrogen and oxygen atoms in total. The number of amides is 3. The molecule has 2 heterocycles. The van der Waals surface area contributed by atoms with Crippen LogP contribution in [0, 0.1) is 5.41 Å². The average Bonchev–Trinajstić information content (AvgIpc) is 2.93. The summed E-state index contributed by atoms with van der Waals surface area (Å²) in [6.07, 6.45) is 2.20. The third kappa shape index (κ3) is 4.03. The van der Waals surface area contributed by atoms with Crippen LogP contribution in [-0.2, 0) is 4.79 Å². The lowest BCUT2D eigenvalue weighted by Gasteiger charge is -2.39. The Kier molecular flexibility index (Phi) is 5.87. The molecule has 1 saturated heterocycles. The molecule has 0 atom stereocenters. The van der Waals surface area contributed by atoms with Crippen LogP contribution in [-0.4, -0.2) is 58.4 Å². The number of nitrogens with zero attached hydrogens (tertiary/aromatic N) is 2. The second kappa shape index (κ2) is 8.22. The second-order valence-corrected chi connectivity index (χ2v) is 8.30. The van der Waals surface area contributed by atoms with E-state index in [9.17, 15) is 18.8 Å². The van der Waals surface area contributed by atoms with Gasteiger partial charge in [-0.15, -0.1) is 0 Å². The molecule has 0 aromatic heterocycles. The molecule has 8 heteroatoms. The first kappa shape index (κ1) is 21.4. The zero-order valence-corrected chi connectivity index (χ0v) is 17.3. The summed E-state index contributed by atoms with van der Waals surface area (Å²) < 4.78 is 13.4.